The zero-order chi connectivity index (χ0) is 23.3. The highest BCUT2D eigenvalue weighted by Gasteiger charge is 2.25. The molecule has 3 rings (SSSR count). The van der Waals surface area contributed by atoms with Crippen molar-refractivity contribution in [3.8, 4) is 27.8 Å². The zero-order valence-electron chi connectivity index (χ0n) is 17.9. The number of ether oxygens (including phenoxy) is 3. The first-order chi connectivity index (χ1) is 15.2. The number of aromatic nitrogens is 2. The van der Waals surface area contributed by atoms with Gasteiger partial charge in [0.15, 0.2) is 0 Å². The molecule has 0 radical (unpaired) electrons. The van der Waals surface area contributed by atoms with Crippen LogP contribution in [0.4, 0.5) is 10.8 Å². The van der Waals surface area contributed by atoms with Gasteiger partial charge in [0.2, 0.25) is 21.1 Å². The summed E-state index contributed by atoms with van der Waals surface area (Å²) >= 11 is 1.16. The van der Waals surface area contributed by atoms with Gasteiger partial charge >= 0.3 is 0 Å². The summed E-state index contributed by atoms with van der Waals surface area (Å²) in [7, 11) is 0.631. The fourth-order valence-electron chi connectivity index (χ4n) is 2.79. The Kier molecular flexibility index (Phi) is 7.15. The molecule has 12 heteroatoms. The number of methoxy groups -OCH3 is 3. The predicted octanol–water partition coefficient (Wildman–Crippen LogP) is 2.64. The van der Waals surface area contributed by atoms with E-state index in [1.54, 1.807) is 31.4 Å². The number of benzene rings is 2. The molecule has 0 bridgehead atoms. The molecule has 32 heavy (non-hydrogen) atoms. The van der Waals surface area contributed by atoms with Crippen molar-refractivity contribution in [2.45, 2.75) is 0 Å². The Morgan fingerprint density at radius 1 is 1.00 bits per heavy atom. The van der Waals surface area contributed by atoms with Crippen LogP contribution in [0.5, 0.6) is 17.2 Å². The monoisotopic (exact) mass is 478 g/mol. The van der Waals surface area contributed by atoms with Crippen molar-refractivity contribution in [1.82, 2.24) is 10.2 Å². The third-order valence-electron chi connectivity index (χ3n) is 4.35. The number of hydrogen-bond donors (Lipinski definition) is 1. The fourth-order valence-corrected chi connectivity index (χ4v) is 4.40. The van der Waals surface area contributed by atoms with Gasteiger partial charge in [-0.1, -0.05) is 11.3 Å². The second-order valence-corrected chi connectivity index (χ2v) is 9.38. The van der Waals surface area contributed by atoms with E-state index in [1.165, 1.54) is 20.3 Å². The van der Waals surface area contributed by atoms with E-state index >= 15 is 0 Å². The zero-order valence-corrected chi connectivity index (χ0v) is 19.5. The molecule has 0 fully saturated rings. The largest absolute Gasteiger partial charge is 0.497 e. The molecule has 0 saturated heterocycles. The van der Waals surface area contributed by atoms with E-state index in [0.29, 0.717) is 16.5 Å². The van der Waals surface area contributed by atoms with Gasteiger partial charge in [0.05, 0.1) is 33.3 Å². The van der Waals surface area contributed by atoms with Crippen LogP contribution in [-0.2, 0) is 14.8 Å². The van der Waals surface area contributed by atoms with Crippen LogP contribution in [0.2, 0.25) is 0 Å². The molecule has 0 aliphatic carbocycles. The Balaban J connectivity index is 1.79. The lowest BCUT2D eigenvalue weighted by molar-refractivity contribution is -0.114. The fraction of sp³-hybridized carbons (Fsp3) is 0.250. The van der Waals surface area contributed by atoms with Gasteiger partial charge in [-0.15, -0.1) is 10.2 Å². The third kappa shape index (κ3) is 5.45. The van der Waals surface area contributed by atoms with E-state index in [-0.39, 0.29) is 16.6 Å². The maximum absolute atomic E-state index is 12.7. The Labute approximate surface area is 189 Å². The van der Waals surface area contributed by atoms with E-state index < -0.39 is 22.5 Å². The van der Waals surface area contributed by atoms with Crippen LogP contribution < -0.4 is 23.8 Å². The first kappa shape index (κ1) is 23.3. The first-order valence-electron chi connectivity index (χ1n) is 9.22. The van der Waals surface area contributed by atoms with Gasteiger partial charge in [0, 0.05) is 11.6 Å². The summed E-state index contributed by atoms with van der Waals surface area (Å²) in [5.41, 5.74) is 0.989. The number of anilines is 2. The summed E-state index contributed by atoms with van der Waals surface area (Å²) in [5.74, 6) is 0.822. The highest BCUT2D eigenvalue weighted by Crippen LogP contribution is 2.34. The molecule has 1 heterocycles. The van der Waals surface area contributed by atoms with Gasteiger partial charge in [-0.3, -0.25) is 14.4 Å². The predicted molar refractivity (Wildman–Crippen MR) is 122 cm³/mol. The summed E-state index contributed by atoms with van der Waals surface area (Å²) < 4.78 is 41.4. The average molecular weight is 479 g/mol. The molecule has 1 amide bonds. The maximum Gasteiger partial charge on any atom is 0.246 e. The SMILES string of the molecule is COc1ccc(-c2nnc(NC(=O)CN(c3cc(OC)ccc3OC)S(C)(=O)=O)s2)cc1. The van der Waals surface area contributed by atoms with Gasteiger partial charge < -0.3 is 14.2 Å². The van der Waals surface area contributed by atoms with Gasteiger partial charge in [-0.2, -0.15) is 0 Å². The molecule has 0 atom stereocenters. The molecular formula is C20H22N4O6S2. The standard InChI is InChI=1S/C20H22N4O6S2/c1-28-14-7-5-13(6-8-14)19-22-23-20(31-19)21-18(25)12-24(32(4,26)27)16-11-15(29-2)9-10-17(16)30-3/h5-11H,12H2,1-4H3,(H,21,23,25). The van der Waals surface area contributed by atoms with Gasteiger partial charge in [-0.25, -0.2) is 8.42 Å². The molecule has 0 unspecified atom stereocenters. The topological polar surface area (TPSA) is 120 Å². The van der Waals surface area contributed by atoms with Crippen LogP contribution in [0.25, 0.3) is 10.6 Å². The van der Waals surface area contributed by atoms with Gasteiger partial charge in [0.25, 0.3) is 0 Å². The van der Waals surface area contributed by atoms with E-state index in [0.717, 1.165) is 27.5 Å². The van der Waals surface area contributed by atoms with Crippen molar-refractivity contribution < 1.29 is 27.4 Å². The number of rotatable bonds is 9. The lowest BCUT2D eigenvalue weighted by Crippen LogP contribution is -2.37. The average Bonchev–Trinajstić information content (AvgIpc) is 3.24. The summed E-state index contributed by atoms with van der Waals surface area (Å²) in [6.45, 7) is -0.486. The van der Waals surface area contributed by atoms with Crippen molar-refractivity contribution in [2.24, 2.45) is 0 Å². The molecule has 3 aromatic rings. The Hall–Kier alpha value is -3.38. The molecule has 10 nitrogen and oxygen atoms in total. The number of nitrogens with one attached hydrogen (secondary N) is 1. The molecule has 0 spiro atoms. The molecule has 1 aromatic heterocycles. The lowest BCUT2D eigenvalue weighted by Gasteiger charge is -2.24. The van der Waals surface area contributed by atoms with Crippen molar-refractivity contribution in [3.63, 3.8) is 0 Å². The first-order valence-corrected chi connectivity index (χ1v) is 11.9. The van der Waals surface area contributed by atoms with E-state index in [1.807, 2.05) is 12.1 Å². The number of nitrogens with zero attached hydrogens (tertiary/aromatic N) is 3. The number of carbonyl (C=O) groups excluding carboxylic acids is 1. The third-order valence-corrected chi connectivity index (χ3v) is 6.36. The van der Waals surface area contributed by atoms with Crippen LogP contribution in [0.1, 0.15) is 0 Å². The minimum absolute atomic E-state index is 0.181. The number of carbonyl (C=O) groups is 1. The van der Waals surface area contributed by atoms with Crippen LogP contribution >= 0.6 is 11.3 Å². The Bertz CT molecular complexity index is 1200. The van der Waals surface area contributed by atoms with Gasteiger partial charge in [0.1, 0.15) is 28.8 Å². The quantitative estimate of drug-likeness (QED) is 0.498. The molecule has 0 aliphatic rings. The molecule has 0 aliphatic heterocycles. The summed E-state index contributed by atoms with van der Waals surface area (Å²) in [6, 6.07) is 11.9. The molecular weight excluding hydrogens is 456 g/mol. The molecule has 2 aromatic carbocycles. The van der Waals surface area contributed by atoms with Crippen LogP contribution in [-0.4, -0.2) is 58.7 Å². The maximum atomic E-state index is 12.7. The molecule has 0 saturated carbocycles. The van der Waals surface area contributed by atoms with Crippen molar-refractivity contribution >= 4 is 38.1 Å². The smallest absolute Gasteiger partial charge is 0.246 e. The van der Waals surface area contributed by atoms with E-state index in [9.17, 15) is 13.2 Å². The van der Waals surface area contributed by atoms with Crippen molar-refractivity contribution in [3.05, 3.63) is 42.5 Å². The van der Waals surface area contributed by atoms with Crippen LogP contribution in [0.15, 0.2) is 42.5 Å². The minimum Gasteiger partial charge on any atom is -0.497 e. The second kappa shape index (κ2) is 9.83. The number of sulfonamides is 1. The van der Waals surface area contributed by atoms with Crippen LogP contribution in [0.3, 0.4) is 0 Å². The summed E-state index contributed by atoms with van der Waals surface area (Å²) in [5, 5.41) is 11.5. The van der Waals surface area contributed by atoms with Gasteiger partial charge in [-0.05, 0) is 36.4 Å². The Morgan fingerprint density at radius 2 is 1.66 bits per heavy atom. The number of amides is 1. The summed E-state index contributed by atoms with van der Waals surface area (Å²) in [6.07, 6.45) is 1.01. The van der Waals surface area contributed by atoms with Crippen LogP contribution in [0, 0.1) is 0 Å². The van der Waals surface area contributed by atoms with E-state index in [4.69, 9.17) is 14.2 Å². The second-order valence-electron chi connectivity index (χ2n) is 6.50. The molecule has 1 N–H and O–H groups in total. The number of hydrogen-bond acceptors (Lipinski definition) is 9. The Morgan fingerprint density at radius 3 is 2.25 bits per heavy atom. The molecule has 170 valence electrons. The highest BCUT2D eigenvalue weighted by atomic mass is 32.2. The summed E-state index contributed by atoms with van der Waals surface area (Å²) in [4.78, 5) is 12.7. The lowest BCUT2D eigenvalue weighted by atomic mass is 10.2. The minimum atomic E-state index is -3.81. The van der Waals surface area contributed by atoms with Crippen molar-refractivity contribution in [2.75, 3.05) is 43.8 Å². The highest BCUT2D eigenvalue weighted by molar-refractivity contribution is 7.92. The van der Waals surface area contributed by atoms with E-state index in [2.05, 4.69) is 15.5 Å². The van der Waals surface area contributed by atoms with Crippen molar-refractivity contribution in [1.29, 1.82) is 0 Å². The normalized spacial score (nSPS) is 11.0.